The molecule has 0 aromatic heterocycles. The minimum atomic E-state index is -1.42. The van der Waals surface area contributed by atoms with Crippen LogP contribution in [0, 0.1) is 23.7 Å². The van der Waals surface area contributed by atoms with Crippen LogP contribution < -0.4 is 26.6 Å². The molecule has 0 bridgehead atoms. The second kappa shape index (κ2) is 32.4. The number of benzene rings is 2. The number of carbonyl (C=O) groups is 8. The summed E-state index contributed by atoms with van der Waals surface area (Å²) >= 11 is 0. The van der Waals surface area contributed by atoms with E-state index < -0.39 is 133 Å². The minimum absolute atomic E-state index is 0.0827. The summed E-state index contributed by atoms with van der Waals surface area (Å²) in [4.78, 5) is 117. The highest BCUT2D eigenvalue weighted by atomic mass is 31.1. The molecular weight excluding hydrogens is 1100 g/mol. The van der Waals surface area contributed by atoms with E-state index in [2.05, 4.69) is 26.6 Å². The van der Waals surface area contributed by atoms with E-state index in [1.54, 1.807) is 82.7 Å². The minimum Gasteiger partial charge on any atom is -0.445 e. The number of anilines is 1. The van der Waals surface area contributed by atoms with Crippen LogP contribution in [0.1, 0.15) is 111 Å². The van der Waals surface area contributed by atoms with E-state index >= 15 is 0 Å². The summed E-state index contributed by atoms with van der Waals surface area (Å²) in [5.74, 6) is -5.23. The molecule has 0 spiro atoms. The molecule has 2 saturated heterocycles. The van der Waals surface area contributed by atoms with Gasteiger partial charge in [0.25, 0.3) is 0 Å². The summed E-state index contributed by atoms with van der Waals surface area (Å²) in [6.07, 6.45) is 1.01. The molecule has 5 rings (SSSR count). The van der Waals surface area contributed by atoms with E-state index in [-0.39, 0.29) is 36.4 Å². The van der Waals surface area contributed by atoms with Gasteiger partial charge in [-0.3, -0.25) is 43.4 Å². The molecule has 0 unspecified atom stereocenters. The third-order valence-corrected chi connectivity index (χ3v) is 17.3. The Kier molecular flexibility index (Phi) is 26.5. The number of hydrogen-bond acceptors (Lipinski definition) is 15. The SMILES string of the molecule is CC[C@H](C)[C@@H]([C@@H](CC(=O)N1CCC[C@H]1[C@H](OC)[C@@H](C)C(=O)N[C@H](C)[C@@H](O)c1ccccc1)OC)N(C)C(=O)[C@@H](NC(=O)[C@H](C(C)C)N(C)C(=O)OCc1ccc(NC(=O)[C@H](CO)NC(=O)[C@H](CO)NC(=O)[C@@H]2CCCN2C2=PC2)cc1)C(C)C. The fourth-order valence-electron chi connectivity index (χ4n) is 11.3. The van der Waals surface area contributed by atoms with Crippen molar-refractivity contribution in [2.75, 3.05) is 66.1 Å². The third-order valence-electron chi connectivity index (χ3n) is 16.5. The number of rotatable bonds is 31. The van der Waals surface area contributed by atoms with Crippen molar-refractivity contribution >= 4 is 66.8 Å². The van der Waals surface area contributed by atoms with Crippen LogP contribution in [-0.2, 0) is 54.4 Å². The predicted octanol–water partition coefficient (Wildman–Crippen LogP) is 3.03. The lowest BCUT2D eigenvalue weighted by atomic mass is 9.89. The van der Waals surface area contributed by atoms with Crippen molar-refractivity contribution in [2.45, 2.75) is 167 Å². The highest BCUT2D eigenvalue weighted by molar-refractivity contribution is 7.53. The highest BCUT2D eigenvalue weighted by Crippen LogP contribution is 2.32. The van der Waals surface area contributed by atoms with Gasteiger partial charge in [-0.05, 0) is 73.6 Å². The predicted molar refractivity (Wildman–Crippen MR) is 318 cm³/mol. The van der Waals surface area contributed by atoms with Crippen molar-refractivity contribution in [3.05, 3.63) is 65.7 Å². The molecule has 2 aromatic carbocycles. The van der Waals surface area contributed by atoms with Gasteiger partial charge in [0.2, 0.25) is 41.4 Å². The van der Waals surface area contributed by atoms with E-state index in [1.807, 2.05) is 36.9 Å². The monoisotopic (exact) mass is 1190 g/mol. The molecule has 2 aromatic rings. The largest absolute Gasteiger partial charge is 0.445 e. The maximum Gasteiger partial charge on any atom is 0.410 e. The van der Waals surface area contributed by atoms with Crippen LogP contribution in [-0.4, -0.2) is 209 Å². The lowest BCUT2D eigenvalue weighted by Crippen LogP contribution is -2.60. The summed E-state index contributed by atoms with van der Waals surface area (Å²) < 4.78 is 17.7. The maximum absolute atomic E-state index is 14.7. The Morgan fingerprint density at radius 2 is 1.37 bits per heavy atom. The van der Waals surface area contributed by atoms with Gasteiger partial charge >= 0.3 is 6.09 Å². The van der Waals surface area contributed by atoms with Crippen LogP contribution in [0.3, 0.4) is 0 Å². The second-order valence-corrected chi connectivity index (χ2v) is 24.2. The van der Waals surface area contributed by atoms with Crippen LogP contribution >= 0.6 is 8.20 Å². The quantitative estimate of drug-likeness (QED) is 0.0504. The van der Waals surface area contributed by atoms with Crippen LogP contribution in [0.4, 0.5) is 10.5 Å². The van der Waals surface area contributed by atoms with Gasteiger partial charge < -0.3 is 65.9 Å². The van der Waals surface area contributed by atoms with Crippen molar-refractivity contribution in [1.82, 2.24) is 40.9 Å². The molecule has 466 valence electrons. The zero-order valence-corrected chi connectivity index (χ0v) is 51.8. The Balaban J connectivity index is 1.16. The molecule has 0 aliphatic carbocycles. The van der Waals surface area contributed by atoms with E-state index in [1.165, 1.54) is 51.9 Å². The lowest BCUT2D eigenvalue weighted by Gasteiger charge is -2.41. The zero-order chi connectivity index (χ0) is 62.1. The Morgan fingerprint density at radius 3 is 1.94 bits per heavy atom. The topological polar surface area (TPSA) is 298 Å². The number of carbonyl (C=O) groups excluding carboxylic acids is 8. The molecule has 13 atom stereocenters. The summed E-state index contributed by atoms with van der Waals surface area (Å²) in [7, 11) is 7.26. The maximum atomic E-state index is 14.7. The fourth-order valence-corrected chi connectivity index (χ4v) is 12.0. The molecule has 0 radical (unpaired) electrons. The lowest BCUT2D eigenvalue weighted by molar-refractivity contribution is -0.148. The number of ether oxygens (including phenoxy) is 3. The van der Waals surface area contributed by atoms with Gasteiger partial charge in [0.05, 0.1) is 68.0 Å². The van der Waals surface area contributed by atoms with Crippen molar-refractivity contribution in [3.8, 4) is 0 Å². The third kappa shape index (κ3) is 18.0. The molecule has 8 N–H and O–H groups in total. The summed E-state index contributed by atoms with van der Waals surface area (Å²) in [5.41, 5.74) is 2.65. The molecule has 24 heteroatoms. The number of likely N-dealkylation sites (tertiary alicyclic amines) is 2. The van der Waals surface area contributed by atoms with Gasteiger partial charge in [-0.25, -0.2) is 4.79 Å². The first-order valence-corrected chi connectivity index (χ1v) is 30.4. The first kappa shape index (κ1) is 68.7. The number of amides is 8. The number of aliphatic hydroxyl groups excluding tert-OH is 3. The van der Waals surface area contributed by atoms with Crippen LogP contribution in [0.5, 0.6) is 0 Å². The standard InChI is InChI=1S/C60H92N9O14P/c1-13-36(6)51(46(81-11)29-47(72)68-27-17-21-44(68)53(82-12)37(7)54(74)61-38(8)52(73)40-19-15-14-16-20-40)66(9)59(79)49(34(2)3)65-58(78)50(35(4)5)67(10)60(80)83-32-39-23-25-41(26-24-39)62-55(75)42(30-70)63-56(76)43(31-71)64-57(77)45-22-18-28-69(45)48-33-84-48/h14-16,19-20,23-26,34-38,42-46,49-53,70-71,73H,13,17-18,21-22,27-33H2,1-12H3,(H,61,74)(H,62,75)(H,63,76)(H,64,77)(H,65,78)/t36-,37+,38+,42-,43-,44-,45-,46+,49-,50-,51-,52+,53+/m0/s1. The smallest absolute Gasteiger partial charge is 0.410 e. The van der Waals surface area contributed by atoms with Crippen molar-refractivity contribution in [1.29, 1.82) is 0 Å². The van der Waals surface area contributed by atoms with Gasteiger partial charge in [-0.2, -0.15) is 0 Å². The second-order valence-electron chi connectivity index (χ2n) is 23.1. The number of methoxy groups -OCH3 is 2. The number of nitrogens with one attached hydrogen (secondary N) is 5. The van der Waals surface area contributed by atoms with E-state index in [0.717, 1.165) is 19.1 Å². The van der Waals surface area contributed by atoms with E-state index in [9.17, 15) is 53.7 Å². The number of likely N-dealkylation sites (N-methyl/N-ethyl adjacent to an activating group) is 2. The molecule has 3 heterocycles. The summed E-state index contributed by atoms with van der Waals surface area (Å²) in [6.45, 7) is 14.0. The van der Waals surface area contributed by atoms with Crippen LogP contribution in [0.15, 0.2) is 54.6 Å². The first-order chi connectivity index (χ1) is 39.9. The average molecular weight is 1190 g/mol. The average Bonchev–Trinajstić information content (AvgIpc) is 3.67. The Morgan fingerprint density at radius 1 is 0.738 bits per heavy atom. The summed E-state index contributed by atoms with van der Waals surface area (Å²) in [5, 5.41) is 44.4. The van der Waals surface area contributed by atoms with E-state index in [4.69, 9.17) is 14.2 Å². The molecule has 0 saturated carbocycles. The Hall–Kier alpha value is -6.07. The normalized spacial score (nSPS) is 20.1. The van der Waals surface area contributed by atoms with Gasteiger partial charge in [0.15, 0.2) is 0 Å². The molecule has 2 fully saturated rings. The molecule has 84 heavy (non-hydrogen) atoms. The van der Waals surface area contributed by atoms with E-state index in [0.29, 0.717) is 43.4 Å². The zero-order valence-electron chi connectivity index (χ0n) is 50.9. The van der Waals surface area contributed by atoms with Gasteiger partial charge in [-0.1, -0.05) is 106 Å². The summed E-state index contributed by atoms with van der Waals surface area (Å²) in [6, 6.07) is 8.34. The molecule has 23 nitrogen and oxygen atoms in total. The van der Waals surface area contributed by atoms with Crippen LogP contribution in [0.25, 0.3) is 0 Å². The fraction of sp³-hybridized carbons (Fsp3) is 0.650. The Labute approximate surface area is 496 Å². The molecule has 8 amide bonds. The van der Waals surface area contributed by atoms with Crippen LogP contribution in [0.2, 0.25) is 0 Å². The van der Waals surface area contributed by atoms with Crippen molar-refractivity contribution in [2.24, 2.45) is 23.7 Å². The number of aliphatic hydroxyl groups is 3. The first-order valence-electron chi connectivity index (χ1n) is 29.3. The van der Waals surface area contributed by atoms with Gasteiger partial charge in [0, 0.05) is 58.7 Å². The molecular formula is C60H92N9O14P. The van der Waals surface area contributed by atoms with Gasteiger partial charge in [-0.15, -0.1) is 0 Å². The molecule has 3 aliphatic heterocycles. The highest BCUT2D eigenvalue weighted by Gasteiger charge is 2.44. The van der Waals surface area contributed by atoms with Crippen molar-refractivity contribution in [3.63, 3.8) is 0 Å². The number of nitrogens with zero attached hydrogens (tertiary/aromatic N) is 4. The number of hydrogen-bond donors (Lipinski definition) is 8. The van der Waals surface area contributed by atoms with Crippen molar-refractivity contribution < 1.29 is 67.9 Å². The van der Waals surface area contributed by atoms with Gasteiger partial charge in [0.1, 0.15) is 30.8 Å². The Bertz CT molecular complexity index is 2580. The molecule has 3 aliphatic rings.